The van der Waals surface area contributed by atoms with E-state index in [0.717, 1.165) is 31.8 Å². The molecule has 1 atom stereocenters. The Bertz CT molecular complexity index is 1650. The lowest BCUT2D eigenvalue weighted by Crippen LogP contribution is -2.52. The zero-order valence-electron chi connectivity index (χ0n) is 26.8. The summed E-state index contributed by atoms with van der Waals surface area (Å²) in [6, 6.07) is 9.90. The Labute approximate surface area is 273 Å². The van der Waals surface area contributed by atoms with Crippen LogP contribution < -0.4 is 14.8 Å². The number of aromatic nitrogens is 6. The van der Waals surface area contributed by atoms with Crippen molar-refractivity contribution in [2.45, 2.75) is 31.8 Å². The number of aryl methyl sites for hydroxylation is 1. The number of pyridine rings is 1. The minimum atomic E-state index is -0.878. The molecule has 0 aliphatic carbocycles. The van der Waals surface area contributed by atoms with E-state index in [1.54, 1.807) is 36.3 Å². The van der Waals surface area contributed by atoms with Crippen LogP contribution in [0.1, 0.15) is 34.7 Å². The summed E-state index contributed by atoms with van der Waals surface area (Å²) in [6.45, 7) is 4.61. The number of carbonyl (C=O) groups excluding carboxylic acids is 2. The van der Waals surface area contributed by atoms with Crippen molar-refractivity contribution in [2.75, 3.05) is 53.1 Å². The maximum absolute atomic E-state index is 14.1. The molecule has 14 heteroatoms. The minimum absolute atomic E-state index is 0.154. The quantitative estimate of drug-likeness (QED) is 0.310. The van der Waals surface area contributed by atoms with Crippen LogP contribution in [0, 0.1) is 5.92 Å². The lowest BCUT2D eigenvalue weighted by Gasteiger charge is -2.36. The molecular formula is C33H41N9O5. The van der Waals surface area contributed by atoms with Gasteiger partial charge in [-0.2, -0.15) is 0 Å². The summed E-state index contributed by atoms with van der Waals surface area (Å²) in [4.78, 5) is 40.8. The molecule has 3 aromatic heterocycles. The fourth-order valence-electron chi connectivity index (χ4n) is 6.05. The predicted molar refractivity (Wildman–Crippen MR) is 171 cm³/mol. The number of hydrogen-bond acceptors (Lipinski definition) is 10. The van der Waals surface area contributed by atoms with Crippen LogP contribution in [0.2, 0.25) is 0 Å². The summed E-state index contributed by atoms with van der Waals surface area (Å²) in [6.07, 6.45) is 8.96. The Morgan fingerprint density at radius 3 is 2.66 bits per heavy atom. The molecule has 2 amide bonds. The van der Waals surface area contributed by atoms with Crippen LogP contribution >= 0.6 is 0 Å². The molecule has 1 aromatic carbocycles. The number of nitrogens with one attached hydrogen (secondary N) is 1. The van der Waals surface area contributed by atoms with E-state index in [4.69, 9.17) is 14.2 Å². The summed E-state index contributed by atoms with van der Waals surface area (Å²) in [7, 11) is 3.60. The zero-order valence-corrected chi connectivity index (χ0v) is 26.8. The van der Waals surface area contributed by atoms with Gasteiger partial charge in [-0.15, -0.1) is 5.10 Å². The number of piperidine rings is 1. The first kappa shape index (κ1) is 32.1. The average Bonchev–Trinajstić information content (AvgIpc) is 3.74. The average molecular weight is 644 g/mol. The highest BCUT2D eigenvalue weighted by Crippen LogP contribution is 2.23. The summed E-state index contributed by atoms with van der Waals surface area (Å²) in [5.41, 5.74) is 1.51. The van der Waals surface area contributed by atoms with Gasteiger partial charge in [-0.25, -0.2) is 14.6 Å². The molecule has 6 heterocycles. The number of methoxy groups -OCH3 is 1. The van der Waals surface area contributed by atoms with Crippen molar-refractivity contribution in [2.24, 2.45) is 13.0 Å². The second kappa shape index (κ2) is 15.2. The second-order valence-corrected chi connectivity index (χ2v) is 11.8. The van der Waals surface area contributed by atoms with Gasteiger partial charge >= 0.3 is 0 Å². The van der Waals surface area contributed by atoms with Crippen LogP contribution in [0.15, 0.2) is 61.2 Å². The zero-order chi connectivity index (χ0) is 32.6. The van der Waals surface area contributed by atoms with Gasteiger partial charge < -0.3 is 29.0 Å². The largest absolute Gasteiger partial charge is 0.494 e. The molecule has 4 aromatic rings. The fraction of sp³-hybridized carbons (Fsp3) is 0.455. The molecule has 3 aliphatic rings. The molecule has 3 aliphatic heterocycles. The first-order valence-electron chi connectivity index (χ1n) is 16.0. The Morgan fingerprint density at radius 1 is 1.00 bits per heavy atom. The van der Waals surface area contributed by atoms with Crippen molar-refractivity contribution in [3.8, 4) is 17.3 Å². The molecule has 0 unspecified atom stereocenters. The first-order chi connectivity index (χ1) is 23.0. The molecule has 7 rings (SSSR count). The number of para-hydroxylation sites is 2. The van der Waals surface area contributed by atoms with Crippen molar-refractivity contribution < 1.29 is 23.8 Å². The van der Waals surface area contributed by atoms with E-state index < -0.39 is 11.9 Å². The molecule has 0 saturated carbocycles. The molecule has 47 heavy (non-hydrogen) atoms. The number of imidazole rings is 1. The van der Waals surface area contributed by atoms with Crippen molar-refractivity contribution in [3.05, 3.63) is 78.3 Å². The van der Waals surface area contributed by atoms with Crippen LogP contribution in [-0.4, -0.2) is 110 Å². The maximum Gasteiger partial charge on any atom is 0.257 e. The molecular weight excluding hydrogens is 602 g/mol. The van der Waals surface area contributed by atoms with Gasteiger partial charge in [0.1, 0.15) is 35.5 Å². The smallest absolute Gasteiger partial charge is 0.257 e. The van der Waals surface area contributed by atoms with Crippen LogP contribution in [0.25, 0.3) is 5.69 Å². The van der Waals surface area contributed by atoms with E-state index in [2.05, 4.69) is 30.5 Å². The fourth-order valence-corrected chi connectivity index (χ4v) is 6.05. The normalized spacial score (nSPS) is 20.2. The van der Waals surface area contributed by atoms with E-state index >= 15 is 0 Å². The molecule has 0 spiro atoms. The number of rotatable bonds is 6. The Hall–Kier alpha value is -4.82. The lowest BCUT2D eigenvalue weighted by molar-refractivity contribution is -0.134. The van der Waals surface area contributed by atoms with E-state index in [1.807, 2.05) is 53.2 Å². The highest BCUT2D eigenvalue weighted by atomic mass is 16.5. The first-order valence-corrected chi connectivity index (χ1v) is 16.0. The van der Waals surface area contributed by atoms with Gasteiger partial charge in [0.15, 0.2) is 0 Å². The molecule has 14 nitrogen and oxygen atoms in total. The monoisotopic (exact) mass is 643 g/mol. The van der Waals surface area contributed by atoms with Crippen molar-refractivity contribution in [3.63, 3.8) is 0 Å². The highest BCUT2D eigenvalue weighted by molar-refractivity contribution is 5.99. The summed E-state index contributed by atoms with van der Waals surface area (Å²) >= 11 is 0. The van der Waals surface area contributed by atoms with E-state index in [-0.39, 0.29) is 30.4 Å². The number of amides is 2. The molecule has 2 bridgehead atoms. The van der Waals surface area contributed by atoms with Crippen molar-refractivity contribution in [1.29, 1.82) is 0 Å². The maximum atomic E-state index is 14.1. The van der Waals surface area contributed by atoms with Gasteiger partial charge in [0.2, 0.25) is 11.8 Å². The lowest BCUT2D eigenvalue weighted by atomic mass is 9.95. The van der Waals surface area contributed by atoms with Crippen molar-refractivity contribution >= 4 is 11.8 Å². The Morgan fingerprint density at radius 2 is 1.85 bits per heavy atom. The van der Waals surface area contributed by atoms with Crippen molar-refractivity contribution in [1.82, 2.24) is 44.6 Å². The van der Waals surface area contributed by atoms with Crippen LogP contribution in [0.5, 0.6) is 11.6 Å². The van der Waals surface area contributed by atoms with Gasteiger partial charge in [0, 0.05) is 58.2 Å². The second-order valence-electron chi connectivity index (χ2n) is 11.8. The number of nitrogens with zero attached hydrogens (tertiary/aromatic N) is 8. The topological polar surface area (TPSA) is 142 Å². The summed E-state index contributed by atoms with van der Waals surface area (Å²) in [5.74, 6) is 1.61. The molecule has 1 fully saturated rings. The number of hydrogen-bond donors (Lipinski definition) is 1. The van der Waals surface area contributed by atoms with Gasteiger partial charge in [-0.3, -0.25) is 14.5 Å². The van der Waals surface area contributed by atoms with Gasteiger partial charge in [-0.05, 0) is 43.0 Å². The summed E-state index contributed by atoms with van der Waals surface area (Å²) in [5, 5.41) is 11.6. The van der Waals surface area contributed by atoms with Crippen LogP contribution in [0.3, 0.4) is 0 Å². The van der Waals surface area contributed by atoms with Crippen LogP contribution in [-0.2, 0) is 29.5 Å². The number of benzene rings is 1. The Kier molecular flexibility index (Phi) is 10.4. The third kappa shape index (κ3) is 7.95. The number of ether oxygens (including phenoxy) is 3. The predicted octanol–water partition coefficient (Wildman–Crippen LogP) is 1.90. The standard InChI is InChI=1S/C33H41N9O5/c1-39-15-12-34-30(39)23-40-16-17-46-18-19-47-32-26(6-5-11-35-32)31(43)36-27(33(44)41-13-9-24(21-40)10-14-41)20-25-22-42(38-37-25)28-7-3-4-8-29(28)45-2/h3-8,11-12,15,22,24,27H,9-10,13-14,16-21,23H2,1-2H3,(H,36,43)/t27-/m1/s1. The highest BCUT2D eigenvalue weighted by Gasteiger charge is 2.32. The number of fused-ring (bicyclic) bond motifs is 12. The third-order valence-electron chi connectivity index (χ3n) is 8.65. The summed E-state index contributed by atoms with van der Waals surface area (Å²) < 4.78 is 20.9. The van der Waals surface area contributed by atoms with E-state index in [1.165, 1.54) is 0 Å². The van der Waals surface area contributed by atoms with Gasteiger partial charge in [-0.1, -0.05) is 17.3 Å². The third-order valence-corrected chi connectivity index (χ3v) is 8.65. The number of carbonyl (C=O) groups is 2. The Balaban J connectivity index is 1.23. The van der Waals surface area contributed by atoms with Crippen LogP contribution in [0.4, 0.5) is 0 Å². The van der Waals surface area contributed by atoms with Gasteiger partial charge in [0.25, 0.3) is 5.91 Å². The molecule has 248 valence electrons. The van der Waals surface area contributed by atoms with Gasteiger partial charge in [0.05, 0.1) is 38.8 Å². The minimum Gasteiger partial charge on any atom is -0.494 e. The molecule has 1 N–H and O–H groups in total. The SMILES string of the molecule is COc1ccccc1-n1cc(C[C@H]2NC(=O)c3cccnc3OCCOCCN(Cc3nccn3C)CC3CCN(CC3)C2=O)nn1. The molecule has 1 saturated heterocycles. The van der Waals surface area contributed by atoms with E-state index in [0.29, 0.717) is 55.9 Å². The van der Waals surface area contributed by atoms with E-state index in [9.17, 15) is 9.59 Å². The molecule has 0 radical (unpaired) electrons.